The number of hydrogen-bond acceptors (Lipinski definition) is 3. The van der Waals surface area contributed by atoms with Crippen molar-refractivity contribution in [2.75, 3.05) is 6.54 Å². The molecule has 5 nitrogen and oxygen atoms in total. The second kappa shape index (κ2) is 9.18. The zero-order valence-electron chi connectivity index (χ0n) is 16.1. The number of aromatic nitrogens is 1. The third kappa shape index (κ3) is 4.79. The van der Waals surface area contributed by atoms with E-state index in [9.17, 15) is 10.1 Å². The summed E-state index contributed by atoms with van der Waals surface area (Å²) in [6, 6.07) is 18.1. The summed E-state index contributed by atoms with van der Waals surface area (Å²) >= 11 is 18.6. The van der Waals surface area contributed by atoms with Crippen molar-refractivity contribution in [1.82, 2.24) is 4.98 Å². The van der Waals surface area contributed by atoms with Crippen LogP contribution in [0.5, 0.6) is 5.75 Å². The summed E-state index contributed by atoms with van der Waals surface area (Å²) in [7, 11) is 0. The largest absolute Gasteiger partial charge is 0.487 e. The minimum atomic E-state index is -0.455. The van der Waals surface area contributed by atoms with E-state index in [0.29, 0.717) is 20.8 Å². The predicted molar refractivity (Wildman–Crippen MR) is 124 cm³/mol. The number of fused-ring (bicyclic) bond motifs is 1. The van der Waals surface area contributed by atoms with E-state index >= 15 is 0 Å². The van der Waals surface area contributed by atoms with Crippen molar-refractivity contribution in [1.29, 1.82) is 0 Å². The lowest BCUT2D eigenvalue weighted by molar-refractivity contribution is -0.481. The Labute approximate surface area is 193 Å². The average Bonchev–Trinajstić information content (AvgIpc) is 3.16. The van der Waals surface area contributed by atoms with Crippen LogP contribution < -0.4 is 4.74 Å². The van der Waals surface area contributed by atoms with Gasteiger partial charge in [0.25, 0.3) is 0 Å². The van der Waals surface area contributed by atoms with Crippen LogP contribution in [0.15, 0.2) is 66.9 Å². The standard InChI is InChI=1S/C23H17Cl3N2O3/c24-16-7-5-15(20(25)10-16)13-31-23-8-6-14(9-21(23)26)19(12-28(29)30)18-11-27-22-4-2-1-3-17(18)22/h1-11,19,27H,12-13H2/t19-/m0/s1. The Morgan fingerprint density at radius 3 is 2.55 bits per heavy atom. The molecule has 1 heterocycles. The number of halogens is 3. The van der Waals surface area contributed by atoms with Crippen LogP contribution in [0.2, 0.25) is 15.1 Å². The second-order valence-electron chi connectivity index (χ2n) is 7.07. The lowest BCUT2D eigenvalue weighted by Crippen LogP contribution is -2.14. The quantitative estimate of drug-likeness (QED) is 0.229. The number of hydrogen-bond donors (Lipinski definition) is 1. The molecule has 1 atom stereocenters. The number of para-hydroxylation sites is 1. The van der Waals surface area contributed by atoms with Crippen molar-refractivity contribution in [3.05, 3.63) is 109 Å². The fourth-order valence-electron chi connectivity index (χ4n) is 3.56. The van der Waals surface area contributed by atoms with Crippen molar-refractivity contribution in [3.8, 4) is 5.75 Å². The highest BCUT2D eigenvalue weighted by Gasteiger charge is 2.24. The normalized spacial score (nSPS) is 12.1. The smallest absolute Gasteiger partial charge is 0.214 e. The summed E-state index contributed by atoms with van der Waals surface area (Å²) in [4.78, 5) is 14.3. The number of aromatic amines is 1. The van der Waals surface area contributed by atoms with Crippen molar-refractivity contribution in [3.63, 3.8) is 0 Å². The summed E-state index contributed by atoms with van der Waals surface area (Å²) in [6.45, 7) is -0.0331. The number of ether oxygens (including phenoxy) is 1. The molecule has 8 heteroatoms. The Hall–Kier alpha value is -2.73. The van der Waals surface area contributed by atoms with Gasteiger partial charge in [-0.2, -0.15) is 0 Å². The Morgan fingerprint density at radius 2 is 1.81 bits per heavy atom. The molecular formula is C23H17Cl3N2O3. The van der Waals surface area contributed by atoms with Crippen LogP contribution in [0.3, 0.4) is 0 Å². The highest BCUT2D eigenvalue weighted by atomic mass is 35.5. The molecular weight excluding hydrogens is 459 g/mol. The number of nitrogens with zero attached hydrogens (tertiary/aromatic N) is 1. The van der Waals surface area contributed by atoms with Gasteiger partial charge in [0.05, 0.1) is 10.9 Å². The predicted octanol–water partition coefficient (Wildman–Crippen LogP) is 7.12. The van der Waals surface area contributed by atoms with Gasteiger partial charge in [-0.05, 0) is 41.5 Å². The van der Waals surface area contributed by atoms with E-state index in [1.807, 2.05) is 30.5 Å². The van der Waals surface area contributed by atoms with Gasteiger partial charge in [0.15, 0.2) is 0 Å². The molecule has 0 spiro atoms. The van der Waals surface area contributed by atoms with Gasteiger partial charge < -0.3 is 9.72 Å². The molecule has 31 heavy (non-hydrogen) atoms. The molecule has 0 saturated carbocycles. The van der Waals surface area contributed by atoms with Crippen LogP contribution in [0.1, 0.15) is 22.6 Å². The van der Waals surface area contributed by atoms with Crippen molar-refractivity contribution < 1.29 is 9.66 Å². The van der Waals surface area contributed by atoms with Crippen LogP contribution in [0, 0.1) is 10.1 Å². The molecule has 0 bridgehead atoms. The Balaban J connectivity index is 1.61. The van der Waals surface area contributed by atoms with Crippen LogP contribution in [0.25, 0.3) is 10.9 Å². The van der Waals surface area contributed by atoms with E-state index in [-0.39, 0.29) is 18.1 Å². The second-order valence-corrected chi connectivity index (χ2v) is 8.32. The first-order valence-electron chi connectivity index (χ1n) is 9.46. The zero-order chi connectivity index (χ0) is 22.0. The van der Waals surface area contributed by atoms with Crippen LogP contribution in [0.4, 0.5) is 0 Å². The molecule has 0 aliphatic heterocycles. The monoisotopic (exact) mass is 474 g/mol. The molecule has 4 rings (SSSR count). The summed E-state index contributed by atoms with van der Waals surface area (Å²) in [5, 5.41) is 13.8. The molecule has 1 aromatic heterocycles. The van der Waals surface area contributed by atoms with Gasteiger partial charge in [0, 0.05) is 37.6 Å². The van der Waals surface area contributed by atoms with Gasteiger partial charge in [0.1, 0.15) is 12.4 Å². The molecule has 3 aromatic carbocycles. The first-order valence-corrected chi connectivity index (χ1v) is 10.6. The van der Waals surface area contributed by atoms with E-state index in [0.717, 1.165) is 27.6 Å². The van der Waals surface area contributed by atoms with Crippen molar-refractivity contribution in [2.24, 2.45) is 0 Å². The van der Waals surface area contributed by atoms with Crippen molar-refractivity contribution in [2.45, 2.75) is 12.5 Å². The SMILES string of the molecule is O=[N+]([O-])C[C@@H](c1ccc(OCc2ccc(Cl)cc2Cl)c(Cl)c1)c1c[nH]c2ccccc12. The molecule has 0 fully saturated rings. The zero-order valence-corrected chi connectivity index (χ0v) is 18.4. The fraction of sp³-hybridized carbons (Fsp3) is 0.130. The van der Waals surface area contributed by atoms with Crippen LogP contribution in [-0.4, -0.2) is 16.5 Å². The molecule has 4 aromatic rings. The minimum absolute atomic E-state index is 0.218. The topological polar surface area (TPSA) is 68.2 Å². The minimum Gasteiger partial charge on any atom is -0.487 e. The summed E-state index contributed by atoms with van der Waals surface area (Å²) < 4.78 is 5.82. The molecule has 158 valence electrons. The summed E-state index contributed by atoms with van der Waals surface area (Å²) in [6.07, 6.45) is 1.82. The molecule has 0 aliphatic rings. The lowest BCUT2D eigenvalue weighted by Gasteiger charge is -2.15. The Morgan fingerprint density at radius 1 is 1.00 bits per heavy atom. The highest BCUT2D eigenvalue weighted by Crippen LogP contribution is 2.35. The Kier molecular flexibility index (Phi) is 6.37. The molecule has 0 aliphatic carbocycles. The first-order chi connectivity index (χ1) is 14.9. The third-order valence-corrected chi connectivity index (χ3v) is 5.97. The van der Waals surface area contributed by atoms with Crippen LogP contribution >= 0.6 is 34.8 Å². The van der Waals surface area contributed by atoms with E-state index in [2.05, 4.69) is 4.98 Å². The molecule has 0 radical (unpaired) electrons. The molecule has 0 unspecified atom stereocenters. The number of nitrogens with one attached hydrogen (secondary N) is 1. The Bertz CT molecular complexity index is 1260. The fourth-order valence-corrected chi connectivity index (χ4v) is 4.27. The summed E-state index contributed by atoms with van der Waals surface area (Å²) in [5.41, 5.74) is 3.29. The first kappa shape index (κ1) is 21.5. The van der Waals surface area contributed by atoms with Gasteiger partial charge in [-0.15, -0.1) is 0 Å². The number of benzene rings is 3. The summed E-state index contributed by atoms with van der Waals surface area (Å²) in [5.74, 6) is 0.0126. The maximum absolute atomic E-state index is 11.4. The number of H-pyrrole nitrogens is 1. The molecule has 0 amide bonds. The van der Waals surface area contributed by atoms with E-state index in [4.69, 9.17) is 39.5 Å². The number of nitro groups is 1. The highest BCUT2D eigenvalue weighted by molar-refractivity contribution is 6.35. The van der Waals surface area contributed by atoms with Crippen LogP contribution in [-0.2, 0) is 6.61 Å². The van der Waals surface area contributed by atoms with Gasteiger partial charge in [-0.25, -0.2) is 0 Å². The number of rotatable bonds is 7. The van der Waals surface area contributed by atoms with Gasteiger partial charge in [0.2, 0.25) is 6.54 Å². The van der Waals surface area contributed by atoms with Gasteiger partial charge >= 0.3 is 0 Å². The molecule has 1 N–H and O–H groups in total. The van der Waals surface area contributed by atoms with Gasteiger partial charge in [-0.1, -0.05) is 65.1 Å². The average molecular weight is 476 g/mol. The van der Waals surface area contributed by atoms with Gasteiger partial charge in [-0.3, -0.25) is 10.1 Å². The third-order valence-electron chi connectivity index (χ3n) is 5.08. The maximum Gasteiger partial charge on any atom is 0.214 e. The van der Waals surface area contributed by atoms with E-state index in [1.54, 1.807) is 36.4 Å². The molecule has 0 saturated heterocycles. The van der Waals surface area contributed by atoms with E-state index in [1.165, 1.54) is 0 Å². The van der Waals surface area contributed by atoms with Crippen molar-refractivity contribution >= 4 is 45.7 Å². The maximum atomic E-state index is 11.4. The van der Waals surface area contributed by atoms with E-state index < -0.39 is 5.92 Å². The lowest BCUT2D eigenvalue weighted by atomic mass is 9.91.